The van der Waals surface area contributed by atoms with Gasteiger partial charge in [-0.2, -0.15) is 0 Å². The average molecular weight is 313 g/mol. The number of hydrogen-bond donors (Lipinski definition) is 1. The lowest BCUT2D eigenvalue weighted by Gasteiger charge is -2.28. The number of hydrogen-bond acceptors (Lipinski definition) is 4. The monoisotopic (exact) mass is 313 g/mol. The molecule has 0 aromatic carbocycles. The molecule has 1 heterocycles. The third-order valence-electron chi connectivity index (χ3n) is 3.73. The highest BCUT2D eigenvalue weighted by atomic mass is 16.5. The van der Waals surface area contributed by atoms with Crippen molar-refractivity contribution in [1.82, 2.24) is 15.1 Å². The fourth-order valence-corrected chi connectivity index (χ4v) is 2.46. The first-order valence-electron chi connectivity index (χ1n) is 7.84. The summed E-state index contributed by atoms with van der Waals surface area (Å²) >= 11 is 0. The molecule has 1 N–H and O–H groups in total. The number of amides is 3. The van der Waals surface area contributed by atoms with Gasteiger partial charge in [-0.05, 0) is 19.3 Å². The van der Waals surface area contributed by atoms with Gasteiger partial charge in [0.05, 0.1) is 6.61 Å². The maximum Gasteiger partial charge on any atom is 0.407 e. The van der Waals surface area contributed by atoms with Gasteiger partial charge in [-0.15, -0.1) is 0 Å². The van der Waals surface area contributed by atoms with Gasteiger partial charge in [0, 0.05) is 33.1 Å². The van der Waals surface area contributed by atoms with E-state index >= 15 is 0 Å². The van der Waals surface area contributed by atoms with Crippen LogP contribution in [0.3, 0.4) is 0 Å². The van der Waals surface area contributed by atoms with Gasteiger partial charge in [0.2, 0.25) is 11.8 Å². The molecule has 22 heavy (non-hydrogen) atoms. The van der Waals surface area contributed by atoms with Gasteiger partial charge >= 0.3 is 6.09 Å². The Hall–Kier alpha value is -1.79. The molecule has 0 radical (unpaired) electrons. The Kier molecular flexibility index (Phi) is 7.14. The second kappa shape index (κ2) is 8.60. The maximum absolute atomic E-state index is 12.7. The SMILES string of the molecule is CCOC(=O)N[C@@H](C(=O)N1CCCN(C(C)=O)CC1)C(C)C. The molecular formula is C15H27N3O4. The Morgan fingerprint density at radius 3 is 2.23 bits per heavy atom. The highest BCUT2D eigenvalue weighted by Gasteiger charge is 2.30. The van der Waals surface area contributed by atoms with E-state index in [0.29, 0.717) is 26.2 Å². The van der Waals surface area contributed by atoms with E-state index in [4.69, 9.17) is 4.74 Å². The lowest BCUT2D eigenvalue weighted by atomic mass is 10.0. The first-order chi connectivity index (χ1) is 10.4. The summed E-state index contributed by atoms with van der Waals surface area (Å²) in [6.07, 6.45) is 0.171. The molecule has 0 aliphatic carbocycles. The molecule has 1 saturated heterocycles. The lowest BCUT2D eigenvalue weighted by Crippen LogP contribution is -2.52. The summed E-state index contributed by atoms with van der Waals surface area (Å²) in [6.45, 7) is 9.57. The third kappa shape index (κ3) is 5.20. The Labute approximate surface area is 132 Å². The molecule has 7 nitrogen and oxygen atoms in total. The van der Waals surface area contributed by atoms with E-state index in [1.165, 1.54) is 6.92 Å². The van der Waals surface area contributed by atoms with Crippen molar-refractivity contribution in [2.45, 2.75) is 40.2 Å². The van der Waals surface area contributed by atoms with Gasteiger partial charge in [0.25, 0.3) is 0 Å². The van der Waals surface area contributed by atoms with E-state index in [2.05, 4.69) is 5.32 Å². The van der Waals surface area contributed by atoms with Gasteiger partial charge in [-0.25, -0.2) is 4.79 Å². The van der Waals surface area contributed by atoms with Crippen LogP contribution >= 0.6 is 0 Å². The third-order valence-corrected chi connectivity index (χ3v) is 3.73. The molecule has 3 amide bonds. The summed E-state index contributed by atoms with van der Waals surface area (Å²) in [4.78, 5) is 39.2. The number of carbonyl (C=O) groups excluding carboxylic acids is 3. The molecule has 0 saturated carbocycles. The van der Waals surface area contributed by atoms with Crippen LogP contribution in [0.2, 0.25) is 0 Å². The van der Waals surface area contributed by atoms with Crippen LogP contribution in [-0.4, -0.2) is 66.5 Å². The lowest BCUT2D eigenvalue weighted by molar-refractivity contribution is -0.135. The van der Waals surface area contributed by atoms with Crippen LogP contribution in [0.15, 0.2) is 0 Å². The van der Waals surface area contributed by atoms with E-state index in [1.807, 2.05) is 13.8 Å². The molecule has 0 aromatic heterocycles. The van der Waals surface area contributed by atoms with Crippen molar-refractivity contribution in [3.05, 3.63) is 0 Å². The Morgan fingerprint density at radius 1 is 1.09 bits per heavy atom. The molecule has 1 aliphatic rings. The van der Waals surface area contributed by atoms with Crippen molar-refractivity contribution in [2.24, 2.45) is 5.92 Å². The van der Waals surface area contributed by atoms with E-state index in [-0.39, 0.29) is 24.3 Å². The van der Waals surface area contributed by atoms with Crippen molar-refractivity contribution >= 4 is 17.9 Å². The Bertz CT molecular complexity index is 412. The fourth-order valence-electron chi connectivity index (χ4n) is 2.46. The van der Waals surface area contributed by atoms with Gasteiger partial charge in [0.15, 0.2) is 0 Å². The highest BCUT2D eigenvalue weighted by molar-refractivity contribution is 5.86. The molecule has 1 rings (SSSR count). The zero-order valence-electron chi connectivity index (χ0n) is 13.9. The molecular weight excluding hydrogens is 286 g/mol. The number of nitrogens with one attached hydrogen (secondary N) is 1. The second-order valence-corrected chi connectivity index (χ2v) is 5.77. The molecule has 0 bridgehead atoms. The van der Waals surface area contributed by atoms with Crippen molar-refractivity contribution < 1.29 is 19.1 Å². The van der Waals surface area contributed by atoms with Crippen LogP contribution in [0.1, 0.15) is 34.1 Å². The van der Waals surface area contributed by atoms with Crippen molar-refractivity contribution in [1.29, 1.82) is 0 Å². The Morgan fingerprint density at radius 2 is 1.68 bits per heavy atom. The highest BCUT2D eigenvalue weighted by Crippen LogP contribution is 2.10. The zero-order valence-corrected chi connectivity index (χ0v) is 13.9. The van der Waals surface area contributed by atoms with Crippen LogP contribution in [0.5, 0.6) is 0 Å². The number of nitrogens with zero attached hydrogens (tertiary/aromatic N) is 2. The first kappa shape index (κ1) is 18.3. The van der Waals surface area contributed by atoms with Crippen LogP contribution in [0.4, 0.5) is 4.79 Å². The first-order valence-corrected chi connectivity index (χ1v) is 7.84. The van der Waals surface area contributed by atoms with E-state index < -0.39 is 12.1 Å². The fraction of sp³-hybridized carbons (Fsp3) is 0.800. The van der Waals surface area contributed by atoms with Gasteiger partial charge in [-0.1, -0.05) is 13.8 Å². The Balaban J connectivity index is 2.69. The minimum Gasteiger partial charge on any atom is -0.450 e. The maximum atomic E-state index is 12.7. The van der Waals surface area contributed by atoms with E-state index in [1.54, 1.807) is 16.7 Å². The summed E-state index contributed by atoms with van der Waals surface area (Å²) in [5.41, 5.74) is 0. The molecule has 0 aromatic rings. The summed E-state index contributed by atoms with van der Waals surface area (Å²) in [6, 6.07) is -0.608. The summed E-state index contributed by atoms with van der Waals surface area (Å²) in [7, 11) is 0. The molecule has 0 spiro atoms. The zero-order chi connectivity index (χ0) is 16.7. The quantitative estimate of drug-likeness (QED) is 0.834. The van der Waals surface area contributed by atoms with Crippen LogP contribution in [0.25, 0.3) is 0 Å². The van der Waals surface area contributed by atoms with Gasteiger partial charge in [-0.3, -0.25) is 9.59 Å². The largest absolute Gasteiger partial charge is 0.450 e. The average Bonchev–Trinajstić information content (AvgIpc) is 2.70. The molecule has 0 unspecified atom stereocenters. The topological polar surface area (TPSA) is 79.0 Å². The predicted molar refractivity (Wildman–Crippen MR) is 82.2 cm³/mol. The van der Waals surface area contributed by atoms with E-state index in [9.17, 15) is 14.4 Å². The molecule has 1 fully saturated rings. The normalized spacial score (nSPS) is 17.0. The number of ether oxygens (including phenoxy) is 1. The number of carbonyl (C=O) groups is 3. The number of rotatable bonds is 4. The van der Waals surface area contributed by atoms with Crippen LogP contribution < -0.4 is 5.32 Å². The van der Waals surface area contributed by atoms with Crippen molar-refractivity contribution in [3.63, 3.8) is 0 Å². The summed E-state index contributed by atoms with van der Waals surface area (Å²) in [5, 5.41) is 2.64. The predicted octanol–water partition coefficient (Wildman–Crippen LogP) is 0.838. The molecule has 1 atom stereocenters. The van der Waals surface area contributed by atoms with Crippen LogP contribution in [-0.2, 0) is 14.3 Å². The van der Waals surface area contributed by atoms with Gasteiger partial charge in [0.1, 0.15) is 6.04 Å². The smallest absolute Gasteiger partial charge is 0.407 e. The van der Waals surface area contributed by atoms with Crippen molar-refractivity contribution in [2.75, 3.05) is 32.8 Å². The second-order valence-electron chi connectivity index (χ2n) is 5.77. The minimum absolute atomic E-state index is 0.0272. The molecule has 1 aliphatic heterocycles. The van der Waals surface area contributed by atoms with Crippen LogP contribution in [0, 0.1) is 5.92 Å². The van der Waals surface area contributed by atoms with E-state index in [0.717, 1.165) is 6.42 Å². The summed E-state index contributed by atoms with van der Waals surface area (Å²) < 4.78 is 4.86. The molecule has 126 valence electrons. The number of alkyl carbamates (subject to hydrolysis) is 1. The standard InChI is InChI=1S/C15H27N3O4/c1-5-22-15(21)16-13(11(2)3)14(20)18-8-6-7-17(9-10-18)12(4)19/h11,13H,5-10H2,1-4H3,(H,16,21)/t13-/m1/s1. The van der Waals surface area contributed by atoms with Crippen molar-refractivity contribution in [3.8, 4) is 0 Å². The van der Waals surface area contributed by atoms with Gasteiger partial charge < -0.3 is 19.9 Å². The summed E-state index contributed by atoms with van der Waals surface area (Å²) in [5.74, 6) is -0.128. The molecule has 7 heteroatoms. The minimum atomic E-state index is -0.608.